The molecule has 0 saturated heterocycles. The quantitative estimate of drug-likeness (QED) is 0.557. The molecule has 0 aliphatic heterocycles. The summed E-state index contributed by atoms with van der Waals surface area (Å²) in [7, 11) is 1.92. The number of rotatable bonds is 4. The zero-order valence-corrected chi connectivity index (χ0v) is 8.94. The molecular formula is C9H17N5. The lowest BCUT2D eigenvalue weighted by Gasteiger charge is -2.03. The van der Waals surface area contributed by atoms with Crippen molar-refractivity contribution in [3.05, 3.63) is 12.2 Å². The second-order valence-corrected chi connectivity index (χ2v) is 3.57. The lowest BCUT2D eigenvalue weighted by atomic mass is 10.2. The van der Waals surface area contributed by atoms with Crippen LogP contribution >= 0.6 is 0 Å². The summed E-state index contributed by atoms with van der Waals surface area (Å²) in [5, 5.41) is 7.75. The Morgan fingerprint density at radius 3 is 2.86 bits per heavy atom. The molecule has 0 bridgehead atoms. The van der Waals surface area contributed by atoms with Gasteiger partial charge < -0.3 is 10.3 Å². The van der Waals surface area contributed by atoms with E-state index in [0.29, 0.717) is 18.3 Å². The Balaban J connectivity index is 2.43. The number of aryl methyl sites for hydroxylation is 1. The Hall–Kier alpha value is -1.39. The first kappa shape index (κ1) is 10.7. The molecule has 1 aromatic rings. The van der Waals surface area contributed by atoms with Gasteiger partial charge in [-0.3, -0.25) is 4.99 Å². The molecule has 0 radical (unpaired) electrons. The van der Waals surface area contributed by atoms with Crippen LogP contribution in [0.25, 0.3) is 0 Å². The van der Waals surface area contributed by atoms with Crippen molar-refractivity contribution in [2.75, 3.05) is 6.54 Å². The van der Waals surface area contributed by atoms with Crippen LogP contribution in [0.5, 0.6) is 0 Å². The molecule has 0 amide bonds. The van der Waals surface area contributed by atoms with E-state index >= 15 is 0 Å². The largest absolute Gasteiger partial charge is 0.387 e. The van der Waals surface area contributed by atoms with Crippen LogP contribution in [-0.2, 0) is 13.5 Å². The number of aromatic nitrogens is 3. The van der Waals surface area contributed by atoms with E-state index in [2.05, 4.69) is 15.2 Å². The normalized spacial score (nSPS) is 12.4. The summed E-state index contributed by atoms with van der Waals surface area (Å²) in [6, 6.07) is 0. The van der Waals surface area contributed by atoms with E-state index in [-0.39, 0.29) is 0 Å². The van der Waals surface area contributed by atoms with Crippen LogP contribution in [0, 0.1) is 5.92 Å². The van der Waals surface area contributed by atoms with Crippen LogP contribution in [0.1, 0.15) is 19.7 Å². The second kappa shape index (κ2) is 4.74. The summed E-state index contributed by atoms with van der Waals surface area (Å²) >= 11 is 0. The van der Waals surface area contributed by atoms with Crippen LogP contribution in [0.15, 0.2) is 11.3 Å². The first-order valence-corrected chi connectivity index (χ1v) is 4.74. The number of aliphatic imine (C=N–C) groups is 1. The zero-order valence-electron chi connectivity index (χ0n) is 8.94. The Morgan fingerprint density at radius 2 is 2.36 bits per heavy atom. The number of hydrogen-bond acceptors (Lipinski definition) is 3. The van der Waals surface area contributed by atoms with E-state index in [4.69, 9.17) is 5.73 Å². The van der Waals surface area contributed by atoms with Gasteiger partial charge in [0.1, 0.15) is 12.2 Å². The molecule has 1 aromatic heterocycles. The Labute approximate surface area is 84.0 Å². The summed E-state index contributed by atoms with van der Waals surface area (Å²) < 4.78 is 1.89. The number of nitrogens with two attached hydrogens (primary N) is 1. The first-order valence-electron chi connectivity index (χ1n) is 4.74. The van der Waals surface area contributed by atoms with Gasteiger partial charge in [-0.1, -0.05) is 13.8 Å². The molecule has 0 spiro atoms. The van der Waals surface area contributed by atoms with Gasteiger partial charge in [0, 0.05) is 25.9 Å². The van der Waals surface area contributed by atoms with Crippen molar-refractivity contribution < 1.29 is 0 Å². The Kier molecular flexibility index (Phi) is 3.62. The van der Waals surface area contributed by atoms with E-state index in [1.807, 2.05) is 25.5 Å². The molecule has 78 valence electrons. The topological polar surface area (TPSA) is 69.1 Å². The van der Waals surface area contributed by atoms with Gasteiger partial charge in [0.2, 0.25) is 0 Å². The summed E-state index contributed by atoms with van der Waals surface area (Å²) in [4.78, 5) is 4.25. The van der Waals surface area contributed by atoms with E-state index in [1.165, 1.54) is 0 Å². The summed E-state index contributed by atoms with van der Waals surface area (Å²) in [5.74, 6) is 1.95. The van der Waals surface area contributed by atoms with Gasteiger partial charge in [0.15, 0.2) is 0 Å². The van der Waals surface area contributed by atoms with E-state index in [0.717, 1.165) is 12.2 Å². The average molecular weight is 195 g/mol. The minimum Gasteiger partial charge on any atom is -0.387 e. The van der Waals surface area contributed by atoms with E-state index in [9.17, 15) is 0 Å². The van der Waals surface area contributed by atoms with E-state index < -0.39 is 0 Å². The van der Waals surface area contributed by atoms with Crippen LogP contribution in [-0.4, -0.2) is 27.1 Å². The second-order valence-electron chi connectivity index (χ2n) is 3.57. The standard InChI is InChI=1S/C9H17N5/c1-7(2)9(10)11-5-4-8-13-12-6-14(8)3/h6-7H,4-5H2,1-3H3,(H2,10,11). The van der Waals surface area contributed by atoms with Gasteiger partial charge >= 0.3 is 0 Å². The lowest BCUT2D eigenvalue weighted by molar-refractivity contribution is 0.768. The molecule has 5 nitrogen and oxygen atoms in total. The smallest absolute Gasteiger partial charge is 0.134 e. The monoisotopic (exact) mass is 195 g/mol. The molecule has 0 saturated carbocycles. The third kappa shape index (κ3) is 2.83. The molecule has 0 aliphatic rings. The van der Waals surface area contributed by atoms with E-state index in [1.54, 1.807) is 6.33 Å². The molecule has 0 aromatic carbocycles. The molecule has 1 heterocycles. The fraction of sp³-hybridized carbons (Fsp3) is 0.667. The van der Waals surface area contributed by atoms with Gasteiger partial charge in [0.25, 0.3) is 0 Å². The van der Waals surface area contributed by atoms with Crippen LogP contribution in [0.3, 0.4) is 0 Å². The summed E-state index contributed by atoms with van der Waals surface area (Å²) in [6.07, 6.45) is 2.47. The molecule has 14 heavy (non-hydrogen) atoms. The highest BCUT2D eigenvalue weighted by Crippen LogP contribution is 1.95. The molecule has 5 heteroatoms. The van der Waals surface area contributed by atoms with Crippen molar-refractivity contribution in [3.63, 3.8) is 0 Å². The summed E-state index contributed by atoms with van der Waals surface area (Å²) in [5.41, 5.74) is 5.70. The van der Waals surface area contributed by atoms with Crippen molar-refractivity contribution in [1.29, 1.82) is 0 Å². The molecule has 0 aliphatic carbocycles. The number of hydrogen-bond donors (Lipinski definition) is 1. The molecule has 0 atom stereocenters. The lowest BCUT2D eigenvalue weighted by Crippen LogP contribution is -2.19. The van der Waals surface area contributed by atoms with Crippen molar-refractivity contribution in [2.24, 2.45) is 23.7 Å². The summed E-state index contributed by atoms with van der Waals surface area (Å²) in [6.45, 7) is 4.73. The highest BCUT2D eigenvalue weighted by atomic mass is 15.2. The third-order valence-corrected chi connectivity index (χ3v) is 2.03. The van der Waals surface area contributed by atoms with Gasteiger partial charge in [-0.15, -0.1) is 10.2 Å². The Bertz CT molecular complexity index is 313. The van der Waals surface area contributed by atoms with Crippen LogP contribution in [0.4, 0.5) is 0 Å². The van der Waals surface area contributed by atoms with Gasteiger partial charge in [0.05, 0.1) is 5.84 Å². The maximum absolute atomic E-state index is 5.70. The van der Waals surface area contributed by atoms with Gasteiger partial charge in [-0.25, -0.2) is 0 Å². The Morgan fingerprint density at radius 1 is 1.64 bits per heavy atom. The van der Waals surface area contributed by atoms with Crippen LogP contribution in [0.2, 0.25) is 0 Å². The van der Waals surface area contributed by atoms with Crippen molar-refractivity contribution in [2.45, 2.75) is 20.3 Å². The van der Waals surface area contributed by atoms with Crippen molar-refractivity contribution >= 4 is 5.84 Å². The predicted molar refractivity (Wildman–Crippen MR) is 56.0 cm³/mol. The fourth-order valence-electron chi connectivity index (χ4n) is 1.00. The minimum atomic E-state index is 0.314. The van der Waals surface area contributed by atoms with Crippen molar-refractivity contribution in [3.8, 4) is 0 Å². The maximum Gasteiger partial charge on any atom is 0.134 e. The molecule has 0 fully saturated rings. The molecule has 2 N–H and O–H groups in total. The van der Waals surface area contributed by atoms with Gasteiger partial charge in [-0.05, 0) is 0 Å². The van der Waals surface area contributed by atoms with Crippen molar-refractivity contribution in [1.82, 2.24) is 14.8 Å². The minimum absolute atomic E-state index is 0.314. The predicted octanol–water partition coefficient (Wildman–Crippen LogP) is 0.371. The number of nitrogens with zero attached hydrogens (tertiary/aromatic N) is 4. The third-order valence-electron chi connectivity index (χ3n) is 2.03. The van der Waals surface area contributed by atoms with Crippen LogP contribution < -0.4 is 5.73 Å². The fourth-order valence-corrected chi connectivity index (χ4v) is 1.00. The molecule has 0 unspecified atom stereocenters. The zero-order chi connectivity index (χ0) is 10.6. The first-order chi connectivity index (χ1) is 6.61. The average Bonchev–Trinajstić information content (AvgIpc) is 2.51. The number of amidine groups is 1. The molecule has 1 rings (SSSR count). The molecular weight excluding hydrogens is 178 g/mol. The maximum atomic E-state index is 5.70. The highest BCUT2D eigenvalue weighted by molar-refractivity contribution is 5.82. The highest BCUT2D eigenvalue weighted by Gasteiger charge is 2.01. The SMILES string of the molecule is CC(C)C(N)=NCCc1nncn1C. The van der Waals surface area contributed by atoms with Gasteiger partial charge in [-0.2, -0.15) is 0 Å².